The lowest BCUT2D eigenvalue weighted by Crippen LogP contribution is -2.39. The molecule has 0 saturated heterocycles. The van der Waals surface area contributed by atoms with E-state index in [9.17, 15) is 4.79 Å². The van der Waals surface area contributed by atoms with E-state index < -0.39 is 0 Å². The van der Waals surface area contributed by atoms with Crippen molar-refractivity contribution in [1.82, 2.24) is 5.32 Å². The van der Waals surface area contributed by atoms with Gasteiger partial charge in [-0.1, -0.05) is 6.92 Å². The number of carbonyl (C=O) groups is 1. The van der Waals surface area contributed by atoms with Gasteiger partial charge < -0.3 is 20.5 Å². The second kappa shape index (κ2) is 8.74. The van der Waals surface area contributed by atoms with Crippen molar-refractivity contribution in [2.24, 2.45) is 11.7 Å². The van der Waals surface area contributed by atoms with Crippen LogP contribution in [0.15, 0.2) is 18.2 Å². The molecule has 0 radical (unpaired) electrons. The molecule has 0 heterocycles. The molecule has 0 aliphatic heterocycles. The van der Waals surface area contributed by atoms with Crippen LogP contribution in [0.5, 0.6) is 11.5 Å². The summed E-state index contributed by atoms with van der Waals surface area (Å²) in [5.41, 5.74) is 6.62. The minimum atomic E-state index is -0.242. The average molecular weight is 317 g/mol. The van der Waals surface area contributed by atoms with Crippen LogP contribution in [-0.2, 0) is 4.79 Å². The van der Waals surface area contributed by atoms with Gasteiger partial charge in [0.1, 0.15) is 11.5 Å². The fourth-order valence-corrected chi connectivity index (χ4v) is 1.84. The first-order valence-corrected chi connectivity index (χ1v) is 6.68. The lowest BCUT2D eigenvalue weighted by Gasteiger charge is -2.21. The Hall–Kier alpha value is -1.46. The maximum atomic E-state index is 12.1. The van der Waals surface area contributed by atoms with Crippen molar-refractivity contribution in [3.63, 3.8) is 0 Å². The number of halogens is 1. The van der Waals surface area contributed by atoms with Crippen LogP contribution in [0.1, 0.15) is 32.4 Å². The third kappa shape index (κ3) is 5.10. The lowest BCUT2D eigenvalue weighted by molar-refractivity contribution is -0.125. The molecule has 0 fully saturated rings. The zero-order valence-electron chi connectivity index (χ0n) is 13.2. The Morgan fingerprint density at radius 2 is 1.81 bits per heavy atom. The Labute approximate surface area is 132 Å². The summed E-state index contributed by atoms with van der Waals surface area (Å²) in [6, 6.07) is 5.14. The monoisotopic (exact) mass is 316 g/mol. The van der Waals surface area contributed by atoms with Crippen LogP contribution in [0.2, 0.25) is 0 Å². The van der Waals surface area contributed by atoms with Crippen molar-refractivity contribution >= 4 is 18.3 Å². The fraction of sp³-hybridized carbons (Fsp3) is 0.533. The maximum absolute atomic E-state index is 12.1. The highest BCUT2D eigenvalue weighted by Crippen LogP contribution is 2.29. The lowest BCUT2D eigenvalue weighted by atomic mass is 10.0. The van der Waals surface area contributed by atoms with Gasteiger partial charge in [0.05, 0.1) is 20.3 Å². The second-order valence-electron chi connectivity index (χ2n) is 4.99. The summed E-state index contributed by atoms with van der Waals surface area (Å²) >= 11 is 0. The molecule has 3 N–H and O–H groups in total. The van der Waals surface area contributed by atoms with Crippen molar-refractivity contribution in [1.29, 1.82) is 0 Å². The zero-order valence-corrected chi connectivity index (χ0v) is 14.0. The van der Waals surface area contributed by atoms with E-state index in [4.69, 9.17) is 15.2 Å². The van der Waals surface area contributed by atoms with Gasteiger partial charge in [-0.3, -0.25) is 4.79 Å². The van der Waals surface area contributed by atoms with Gasteiger partial charge >= 0.3 is 0 Å². The van der Waals surface area contributed by atoms with Gasteiger partial charge in [0, 0.05) is 17.5 Å². The second-order valence-corrected chi connectivity index (χ2v) is 4.99. The number of benzene rings is 1. The number of hydrogen-bond donors (Lipinski definition) is 2. The molecule has 0 aromatic heterocycles. The molecule has 1 aromatic rings. The number of amides is 1. The van der Waals surface area contributed by atoms with Gasteiger partial charge in [-0.2, -0.15) is 0 Å². The summed E-state index contributed by atoms with van der Waals surface area (Å²) in [5.74, 6) is 1.13. The third-order valence-electron chi connectivity index (χ3n) is 3.46. The molecule has 6 heteroatoms. The SMILES string of the molecule is COc1ccc(OC)c(C(C)NC(=O)C(C)C(C)N)c1.Cl. The Balaban J connectivity index is 0.00000400. The van der Waals surface area contributed by atoms with Gasteiger partial charge in [-0.05, 0) is 32.0 Å². The van der Waals surface area contributed by atoms with E-state index in [1.54, 1.807) is 14.2 Å². The van der Waals surface area contributed by atoms with Crippen LogP contribution in [0.3, 0.4) is 0 Å². The highest BCUT2D eigenvalue weighted by Gasteiger charge is 2.21. The number of methoxy groups -OCH3 is 2. The molecule has 0 saturated carbocycles. The van der Waals surface area contributed by atoms with Crippen LogP contribution in [0, 0.1) is 5.92 Å². The van der Waals surface area contributed by atoms with Crippen molar-refractivity contribution in [3.8, 4) is 11.5 Å². The minimum Gasteiger partial charge on any atom is -0.497 e. The summed E-state index contributed by atoms with van der Waals surface area (Å²) in [5, 5.41) is 2.95. The molecule has 3 unspecified atom stereocenters. The molecular weight excluding hydrogens is 292 g/mol. The smallest absolute Gasteiger partial charge is 0.224 e. The maximum Gasteiger partial charge on any atom is 0.224 e. The molecule has 1 amide bonds. The van der Waals surface area contributed by atoms with Crippen LogP contribution < -0.4 is 20.5 Å². The standard InChI is InChI=1S/C15H24N2O3.ClH/c1-9(10(2)16)15(18)17-11(3)13-8-12(19-4)6-7-14(13)20-5;/h6-11H,16H2,1-5H3,(H,17,18);1H. The molecule has 21 heavy (non-hydrogen) atoms. The molecule has 0 bridgehead atoms. The van der Waals surface area contributed by atoms with Crippen LogP contribution in [-0.4, -0.2) is 26.2 Å². The van der Waals surface area contributed by atoms with Crippen molar-refractivity contribution in [2.45, 2.75) is 32.9 Å². The topological polar surface area (TPSA) is 73.6 Å². The molecule has 0 aliphatic rings. The Morgan fingerprint density at radius 3 is 2.29 bits per heavy atom. The molecule has 120 valence electrons. The van der Waals surface area contributed by atoms with Crippen molar-refractivity contribution in [3.05, 3.63) is 23.8 Å². The molecular formula is C15H25ClN2O3. The molecule has 1 rings (SSSR count). The van der Waals surface area contributed by atoms with E-state index in [1.807, 2.05) is 39.0 Å². The summed E-state index contributed by atoms with van der Waals surface area (Å²) in [6.45, 7) is 5.54. The number of rotatable bonds is 6. The van der Waals surface area contributed by atoms with Crippen LogP contribution in [0.4, 0.5) is 0 Å². The van der Waals surface area contributed by atoms with Gasteiger partial charge in [0.25, 0.3) is 0 Å². The highest BCUT2D eigenvalue weighted by atomic mass is 35.5. The van der Waals surface area contributed by atoms with Gasteiger partial charge in [-0.25, -0.2) is 0 Å². The van der Waals surface area contributed by atoms with Gasteiger partial charge in [-0.15, -0.1) is 12.4 Å². The van der Waals surface area contributed by atoms with E-state index in [1.165, 1.54) is 0 Å². The zero-order chi connectivity index (χ0) is 15.3. The Bertz CT molecular complexity index is 466. The normalized spacial score (nSPS) is 14.4. The minimum absolute atomic E-state index is 0. The summed E-state index contributed by atoms with van der Waals surface area (Å²) in [7, 11) is 3.21. The summed E-state index contributed by atoms with van der Waals surface area (Å²) in [6.07, 6.45) is 0. The average Bonchev–Trinajstić information content (AvgIpc) is 2.45. The molecule has 3 atom stereocenters. The van der Waals surface area contributed by atoms with Crippen molar-refractivity contribution in [2.75, 3.05) is 14.2 Å². The number of nitrogens with two attached hydrogens (primary N) is 1. The first-order valence-electron chi connectivity index (χ1n) is 6.68. The molecule has 0 aliphatic carbocycles. The van der Waals surface area contributed by atoms with Crippen LogP contribution in [0.25, 0.3) is 0 Å². The van der Waals surface area contributed by atoms with Gasteiger partial charge in [0.15, 0.2) is 0 Å². The molecule has 5 nitrogen and oxygen atoms in total. The number of hydrogen-bond acceptors (Lipinski definition) is 4. The summed E-state index contributed by atoms with van der Waals surface area (Å²) in [4.78, 5) is 12.1. The quantitative estimate of drug-likeness (QED) is 0.844. The molecule has 0 spiro atoms. The fourth-order valence-electron chi connectivity index (χ4n) is 1.84. The number of carbonyl (C=O) groups excluding carboxylic acids is 1. The van der Waals surface area contributed by atoms with E-state index in [-0.39, 0.29) is 36.3 Å². The van der Waals surface area contributed by atoms with E-state index in [0.29, 0.717) is 5.75 Å². The first kappa shape index (κ1) is 19.5. The predicted molar refractivity (Wildman–Crippen MR) is 86.2 cm³/mol. The first-order chi connectivity index (χ1) is 9.40. The third-order valence-corrected chi connectivity index (χ3v) is 3.46. The summed E-state index contributed by atoms with van der Waals surface area (Å²) < 4.78 is 10.5. The van der Waals surface area contributed by atoms with E-state index >= 15 is 0 Å². The number of ether oxygens (including phenoxy) is 2. The highest BCUT2D eigenvalue weighted by molar-refractivity contribution is 5.85. The largest absolute Gasteiger partial charge is 0.497 e. The van der Waals surface area contributed by atoms with E-state index in [0.717, 1.165) is 11.3 Å². The predicted octanol–water partition coefficient (Wildman–Crippen LogP) is 2.29. The Kier molecular flexibility index (Phi) is 8.14. The molecule has 1 aromatic carbocycles. The van der Waals surface area contributed by atoms with E-state index in [2.05, 4.69) is 5.32 Å². The Morgan fingerprint density at radius 1 is 1.19 bits per heavy atom. The van der Waals surface area contributed by atoms with Gasteiger partial charge in [0.2, 0.25) is 5.91 Å². The van der Waals surface area contributed by atoms with Crippen molar-refractivity contribution < 1.29 is 14.3 Å². The number of nitrogens with one attached hydrogen (secondary N) is 1. The van der Waals surface area contributed by atoms with Crippen LogP contribution >= 0.6 is 12.4 Å².